The van der Waals surface area contributed by atoms with Crippen LogP contribution in [0.5, 0.6) is 0 Å². The quantitative estimate of drug-likeness (QED) is 0.532. The Morgan fingerprint density at radius 3 is 2.76 bits per heavy atom. The van der Waals surface area contributed by atoms with Crippen LogP contribution in [0.4, 0.5) is 0 Å². The van der Waals surface area contributed by atoms with E-state index in [2.05, 4.69) is 10.1 Å². The van der Waals surface area contributed by atoms with Gasteiger partial charge in [0, 0.05) is 18.8 Å². The van der Waals surface area contributed by atoms with E-state index < -0.39 is 0 Å². The van der Waals surface area contributed by atoms with Gasteiger partial charge < -0.3 is 9.74 Å². The van der Waals surface area contributed by atoms with Gasteiger partial charge in [-0.15, -0.1) is 35.6 Å². The molecule has 2 aliphatic rings. The number of nitrogens with zero attached hydrogens (tertiary/aromatic N) is 2. The van der Waals surface area contributed by atoms with Crippen LogP contribution in [0.1, 0.15) is 25.7 Å². The average molecular weight is 354 g/mol. The van der Waals surface area contributed by atoms with Crippen LogP contribution < -0.4 is 0 Å². The molecule has 0 aromatic heterocycles. The molecule has 120 valence electrons. The molecule has 1 atom stereocenters. The fourth-order valence-corrected chi connectivity index (χ4v) is 2.91. The molecule has 1 saturated heterocycles. The number of alkyl halides is 2. The first-order valence-corrected chi connectivity index (χ1v) is 8.22. The van der Waals surface area contributed by atoms with Crippen LogP contribution in [0.25, 0.3) is 0 Å². The second-order valence-corrected chi connectivity index (χ2v) is 6.22. The average Bonchev–Trinajstić information content (AvgIpc) is 2.48. The zero-order chi connectivity index (χ0) is 14.2. The summed E-state index contributed by atoms with van der Waals surface area (Å²) in [5, 5.41) is 4.14. The van der Waals surface area contributed by atoms with Gasteiger partial charge in [-0.3, -0.25) is 0 Å². The van der Waals surface area contributed by atoms with E-state index in [1.165, 1.54) is 19.3 Å². The molecule has 21 heavy (non-hydrogen) atoms. The molecule has 0 N–H and O–H groups in total. The highest BCUT2D eigenvalue weighted by atomic mass is 35.5. The molecule has 0 aromatic rings. The topological polar surface area (TPSA) is 24.8 Å². The minimum atomic E-state index is -0.00643. The van der Waals surface area contributed by atoms with E-state index in [9.17, 15) is 0 Å². The number of hydrogen-bond donors (Lipinski definition) is 0. The summed E-state index contributed by atoms with van der Waals surface area (Å²) in [5.74, 6) is 0.538. The maximum Gasteiger partial charge on any atom is 0.134 e. The molecule has 1 aliphatic heterocycles. The van der Waals surface area contributed by atoms with E-state index in [0.29, 0.717) is 12.5 Å². The van der Waals surface area contributed by atoms with Gasteiger partial charge in [-0.25, -0.2) is 0 Å². The number of hydrogen-bond acceptors (Lipinski definition) is 3. The van der Waals surface area contributed by atoms with E-state index in [4.69, 9.17) is 28.0 Å². The molecule has 1 fully saturated rings. The Morgan fingerprint density at radius 2 is 2.05 bits per heavy atom. The lowest BCUT2D eigenvalue weighted by molar-refractivity contribution is 0.127. The minimum absolute atomic E-state index is 0. The van der Waals surface area contributed by atoms with Crippen molar-refractivity contribution in [3.8, 4) is 0 Å². The van der Waals surface area contributed by atoms with Crippen LogP contribution in [-0.2, 0) is 4.84 Å². The summed E-state index contributed by atoms with van der Waals surface area (Å²) in [6.07, 6.45) is 10.6. The molecule has 1 unspecified atom stereocenters. The molecule has 0 saturated carbocycles. The van der Waals surface area contributed by atoms with Gasteiger partial charge in [0.1, 0.15) is 6.61 Å². The van der Waals surface area contributed by atoms with Crippen LogP contribution in [0.3, 0.4) is 0 Å². The predicted octanol–water partition coefficient (Wildman–Crippen LogP) is 4.00. The van der Waals surface area contributed by atoms with E-state index in [1.54, 1.807) is 0 Å². The van der Waals surface area contributed by atoms with E-state index in [1.807, 2.05) is 18.2 Å². The van der Waals surface area contributed by atoms with Crippen molar-refractivity contribution in [3.63, 3.8) is 0 Å². The first kappa shape index (κ1) is 18.8. The van der Waals surface area contributed by atoms with Gasteiger partial charge in [-0.2, -0.15) is 0 Å². The second kappa shape index (κ2) is 10.5. The monoisotopic (exact) mass is 352 g/mol. The zero-order valence-corrected chi connectivity index (χ0v) is 14.5. The lowest BCUT2D eigenvalue weighted by atomic mass is 10.1. The van der Waals surface area contributed by atoms with E-state index >= 15 is 0 Å². The van der Waals surface area contributed by atoms with Crippen molar-refractivity contribution in [1.82, 2.24) is 4.90 Å². The number of likely N-dealkylation sites (tertiary alicyclic amines) is 1. The Bertz CT molecular complexity index is 390. The molecule has 1 heterocycles. The lowest BCUT2D eigenvalue weighted by Crippen LogP contribution is -2.35. The number of halogens is 3. The number of rotatable bonds is 6. The molecule has 1 aliphatic carbocycles. The van der Waals surface area contributed by atoms with Crippen LogP contribution in [0.2, 0.25) is 0 Å². The van der Waals surface area contributed by atoms with Gasteiger partial charge in [-0.1, -0.05) is 23.7 Å². The Labute approximate surface area is 143 Å². The first-order chi connectivity index (χ1) is 9.78. The molecule has 6 heteroatoms. The molecule has 0 bridgehead atoms. The maximum absolute atomic E-state index is 6.30. The van der Waals surface area contributed by atoms with E-state index in [0.717, 1.165) is 37.3 Å². The fourth-order valence-electron chi connectivity index (χ4n) is 2.48. The second-order valence-electron chi connectivity index (χ2n) is 5.33. The SMILES string of the molecule is Cl.ClCC1=CC=CC(=NOCC(Cl)CN2CCCCC2)C1. The largest absolute Gasteiger partial charge is 0.394 e. The van der Waals surface area contributed by atoms with Gasteiger partial charge >= 0.3 is 0 Å². The third-order valence-corrected chi connectivity index (χ3v) is 4.15. The molecule has 3 nitrogen and oxygen atoms in total. The van der Waals surface area contributed by atoms with Gasteiger partial charge in [0.25, 0.3) is 0 Å². The number of oxime groups is 1. The summed E-state index contributed by atoms with van der Waals surface area (Å²) in [7, 11) is 0. The summed E-state index contributed by atoms with van der Waals surface area (Å²) in [5.41, 5.74) is 2.07. The smallest absolute Gasteiger partial charge is 0.134 e. The van der Waals surface area contributed by atoms with Gasteiger partial charge in [-0.05, 0) is 37.6 Å². The first-order valence-electron chi connectivity index (χ1n) is 7.25. The Morgan fingerprint density at radius 1 is 1.29 bits per heavy atom. The van der Waals surface area contributed by atoms with Gasteiger partial charge in [0.05, 0.1) is 11.1 Å². The predicted molar refractivity (Wildman–Crippen MR) is 93.1 cm³/mol. The van der Waals surface area contributed by atoms with Gasteiger partial charge in [0.2, 0.25) is 0 Å². The molecule has 2 rings (SSSR count). The minimum Gasteiger partial charge on any atom is -0.394 e. The van der Waals surface area contributed by atoms with Gasteiger partial charge in [0.15, 0.2) is 0 Å². The Hall–Kier alpha value is -0.220. The third-order valence-electron chi connectivity index (χ3n) is 3.54. The van der Waals surface area contributed by atoms with Crippen LogP contribution in [0.15, 0.2) is 29.0 Å². The van der Waals surface area contributed by atoms with Crippen molar-refractivity contribution < 1.29 is 4.84 Å². The number of piperidine rings is 1. The summed E-state index contributed by atoms with van der Waals surface area (Å²) in [4.78, 5) is 7.79. The van der Waals surface area contributed by atoms with Crippen molar-refractivity contribution >= 4 is 41.3 Å². The normalized spacial score (nSPS) is 22.6. The fraction of sp³-hybridized carbons (Fsp3) is 0.667. The molecular formula is C15H23Cl3N2O. The molecule has 0 amide bonds. The Balaban J connectivity index is 0.00000220. The summed E-state index contributed by atoms with van der Waals surface area (Å²) >= 11 is 12.1. The number of allylic oxidation sites excluding steroid dienone is 4. The lowest BCUT2D eigenvalue weighted by Gasteiger charge is -2.27. The summed E-state index contributed by atoms with van der Waals surface area (Å²) < 4.78 is 0. The van der Waals surface area contributed by atoms with Crippen molar-refractivity contribution in [2.75, 3.05) is 32.1 Å². The highest BCUT2D eigenvalue weighted by molar-refractivity contribution is 6.21. The van der Waals surface area contributed by atoms with Crippen molar-refractivity contribution in [1.29, 1.82) is 0 Å². The standard InChI is InChI=1S/C15H22Cl2N2O.ClH/c16-10-13-5-4-6-15(9-13)18-20-12-14(17)11-19-7-2-1-3-8-19;/h4-6,14H,1-3,7-12H2;1H. The van der Waals surface area contributed by atoms with Crippen molar-refractivity contribution in [2.24, 2.45) is 5.16 Å². The molecular weight excluding hydrogens is 331 g/mol. The zero-order valence-electron chi connectivity index (χ0n) is 12.1. The van der Waals surface area contributed by atoms with E-state index in [-0.39, 0.29) is 17.8 Å². The van der Waals surface area contributed by atoms with Crippen LogP contribution in [0, 0.1) is 0 Å². The highest BCUT2D eigenvalue weighted by Gasteiger charge is 2.15. The van der Waals surface area contributed by atoms with Crippen LogP contribution in [-0.4, -0.2) is 48.1 Å². The Kier molecular flexibility index (Phi) is 9.41. The summed E-state index contributed by atoms with van der Waals surface area (Å²) in [6.45, 7) is 3.65. The molecule has 0 spiro atoms. The van der Waals surface area contributed by atoms with Crippen molar-refractivity contribution in [2.45, 2.75) is 31.1 Å². The highest BCUT2D eigenvalue weighted by Crippen LogP contribution is 2.13. The molecule has 0 aromatic carbocycles. The van der Waals surface area contributed by atoms with Crippen LogP contribution >= 0.6 is 35.6 Å². The third kappa shape index (κ3) is 7.05. The maximum atomic E-state index is 6.30. The van der Waals surface area contributed by atoms with Crippen molar-refractivity contribution in [3.05, 3.63) is 23.8 Å². The summed E-state index contributed by atoms with van der Waals surface area (Å²) in [6, 6.07) is 0. The molecule has 0 radical (unpaired) electrons.